The third kappa shape index (κ3) is 6.26. The normalized spacial score (nSPS) is 11.9. The Morgan fingerprint density at radius 1 is 0.865 bits per heavy atom. The number of hydrogen-bond acceptors (Lipinski definition) is 4. The number of nitrogens with one attached hydrogen (secondary N) is 1. The molecular weight excluding hydrogens is 464 g/mol. The first-order chi connectivity index (χ1) is 17.9. The Kier molecular flexibility index (Phi) is 8.39. The molecule has 37 heavy (non-hydrogen) atoms. The van der Waals surface area contributed by atoms with Crippen LogP contribution in [0.15, 0.2) is 72.9 Å². The quantitative estimate of drug-likeness (QED) is 0.274. The Morgan fingerprint density at radius 3 is 2.14 bits per heavy atom. The first-order valence-corrected chi connectivity index (χ1v) is 12.6. The van der Waals surface area contributed by atoms with Gasteiger partial charge < -0.3 is 24.1 Å². The number of methoxy groups -OCH3 is 3. The van der Waals surface area contributed by atoms with Crippen LogP contribution in [0.1, 0.15) is 42.9 Å². The van der Waals surface area contributed by atoms with E-state index in [1.165, 1.54) is 5.56 Å². The molecule has 0 aliphatic heterocycles. The van der Waals surface area contributed by atoms with Crippen LogP contribution in [0.25, 0.3) is 10.9 Å². The van der Waals surface area contributed by atoms with Crippen LogP contribution in [0, 0.1) is 5.92 Å². The summed E-state index contributed by atoms with van der Waals surface area (Å²) >= 11 is 0. The van der Waals surface area contributed by atoms with Gasteiger partial charge in [0.15, 0.2) is 0 Å². The number of para-hydroxylation sites is 1. The summed E-state index contributed by atoms with van der Waals surface area (Å²) in [5.41, 5.74) is 4.36. The summed E-state index contributed by atoms with van der Waals surface area (Å²) in [6.07, 6.45) is 2.50. The van der Waals surface area contributed by atoms with Crippen molar-refractivity contribution in [3.8, 4) is 17.2 Å². The van der Waals surface area contributed by atoms with E-state index in [4.69, 9.17) is 14.2 Å². The van der Waals surface area contributed by atoms with Crippen molar-refractivity contribution in [3.63, 3.8) is 0 Å². The molecule has 1 unspecified atom stereocenters. The van der Waals surface area contributed by atoms with E-state index in [1.807, 2.05) is 36.4 Å². The molecule has 3 aromatic carbocycles. The second kappa shape index (κ2) is 11.9. The molecule has 0 saturated heterocycles. The van der Waals surface area contributed by atoms with Crippen LogP contribution in [-0.4, -0.2) is 38.3 Å². The maximum atomic E-state index is 13.1. The SMILES string of the molecule is COc1ccc(Cn2cc(C(CC(=O)NCC(C)C)c3cc(OC)cc(OC)c3)c3ccccc32)cc1. The van der Waals surface area contributed by atoms with Gasteiger partial charge in [-0.1, -0.05) is 44.2 Å². The molecule has 6 nitrogen and oxygen atoms in total. The van der Waals surface area contributed by atoms with Gasteiger partial charge in [-0.05, 0) is 52.9 Å². The molecule has 1 N–H and O–H groups in total. The molecule has 1 atom stereocenters. The summed E-state index contributed by atoms with van der Waals surface area (Å²) in [7, 11) is 4.96. The molecule has 0 radical (unpaired) electrons. The van der Waals surface area contributed by atoms with Crippen molar-refractivity contribution in [2.45, 2.75) is 32.7 Å². The lowest BCUT2D eigenvalue weighted by Gasteiger charge is -2.19. The third-order valence-electron chi connectivity index (χ3n) is 6.58. The van der Waals surface area contributed by atoms with Crippen LogP contribution in [0.4, 0.5) is 0 Å². The minimum atomic E-state index is -0.182. The van der Waals surface area contributed by atoms with E-state index in [0.717, 1.165) is 27.8 Å². The van der Waals surface area contributed by atoms with Crippen molar-refractivity contribution in [1.29, 1.82) is 0 Å². The van der Waals surface area contributed by atoms with Crippen molar-refractivity contribution in [3.05, 3.63) is 89.6 Å². The van der Waals surface area contributed by atoms with Gasteiger partial charge in [-0.3, -0.25) is 4.79 Å². The zero-order chi connectivity index (χ0) is 26.4. The molecule has 194 valence electrons. The highest BCUT2D eigenvalue weighted by Crippen LogP contribution is 2.38. The van der Waals surface area contributed by atoms with Crippen LogP contribution in [0.3, 0.4) is 0 Å². The van der Waals surface area contributed by atoms with Crippen molar-refractivity contribution >= 4 is 16.8 Å². The first kappa shape index (κ1) is 26.1. The average molecular weight is 501 g/mol. The van der Waals surface area contributed by atoms with E-state index in [-0.39, 0.29) is 11.8 Å². The number of carbonyl (C=O) groups excluding carboxylic acids is 1. The number of benzene rings is 3. The predicted molar refractivity (Wildman–Crippen MR) is 148 cm³/mol. The Labute approximate surface area is 219 Å². The highest BCUT2D eigenvalue weighted by Gasteiger charge is 2.24. The van der Waals surface area contributed by atoms with E-state index in [1.54, 1.807) is 21.3 Å². The van der Waals surface area contributed by atoms with Gasteiger partial charge >= 0.3 is 0 Å². The van der Waals surface area contributed by atoms with Gasteiger partial charge in [0.05, 0.1) is 21.3 Å². The summed E-state index contributed by atoms with van der Waals surface area (Å²) < 4.78 is 18.7. The number of amides is 1. The van der Waals surface area contributed by atoms with Gasteiger partial charge in [-0.15, -0.1) is 0 Å². The molecule has 1 amide bonds. The molecule has 0 aliphatic rings. The highest BCUT2D eigenvalue weighted by molar-refractivity contribution is 5.87. The van der Waals surface area contributed by atoms with Crippen molar-refractivity contribution in [2.24, 2.45) is 5.92 Å². The molecule has 4 aromatic rings. The summed E-state index contributed by atoms with van der Waals surface area (Å²) in [5.74, 6) is 2.45. The number of fused-ring (bicyclic) bond motifs is 1. The fourth-order valence-corrected chi connectivity index (χ4v) is 4.62. The maximum Gasteiger partial charge on any atom is 0.220 e. The Balaban J connectivity index is 1.79. The zero-order valence-corrected chi connectivity index (χ0v) is 22.3. The van der Waals surface area contributed by atoms with Crippen LogP contribution in [0.2, 0.25) is 0 Å². The second-order valence-electron chi connectivity index (χ2n) is 9.68. The molecule has 6 heteroatoms. The number of carbonyl (C=O) groups is 1. The molecule has 4 rings (SSSR count). The molecule has 0 aliphatic carbocycles. The lowest BCUT2D eigenvalue weighted by Crippen LogP contribution is -2.28. The van der Waals surface area contributed by atoms with Crippen molar-refractivity contribution in [1.82, 2.24) is 9.88 Å². The molecule has 1 aromatic heterocycles. The number of hydrogen-bond donors (Lipinski definition) is 1. The summed E-state index contributed by atoms with van der Waals surface area (Å²) in [4.78, 5) is 13.1. The van der Waals surface area contributed by atoms with Crippen molar-refractivity contribution < 1.29 is 19.0 Å². The third-order valence-corrected chi connectivity index (χ3v) is 6.58. The van der Waals surface area contributed by atoms with Gasteiger partial charge in [-0.25, -0.2) is 0 Å². The largest absolute Gasteiger partial charge is 0.497 e. The number of nitrogens with zero attached hydrogens (tertiary/aromatic N) is 1. The smallest absolute Gasteiger partial charge is 0.220 e. The predicted octanol–water partition coefficient (Wildman–Crippen LogP) is 6.01. The molecule has 0 saturated carbocycles. The molecular formula is C31H36N2O4. The van der Waals surface area contributed by atoms with E-state index in [0.29, 0.717) is 36.9 Å². The maximum absolute atomic E-state index is 13.1. The second-order valence-corrected chi connectivity index (χ2v) is 9.68. The Hall–Kier alpha value is -3.93. The van der Waals surface area contributed by atoms with Gasteiger partial charge in [0.25, 0.3) is 0 Å². The Morgan fingerprint density at radius 2 is 1.51 bits per heavy atom. The van der Waals surface area contributed by atoms with Crippen molar-refractivity contribution in [2.75, 3.05) is 27.9 Å². The van der Waals surface area contributed by atoms with Crippen LogP contribution in [-0.2, 0) is 11.3 Å². The standard InChI is InChI=1S/C31H36N2O4/c1-21(2)18-32-31(34)17-28(23-14-25(36-4)16-26(15-23)37-5)29-20-33(30-9-7-6-8-27(29)30)19-22-10-12-24(35-3)13-11-22/h6-16,20-21,28H,17-19H2,1-5H3,(H,32,34). The van der Waals surface area contributed by atoms with Gasteiger partial charge in [0, 0.05) is 48.6 Å². The van der Waals surface area contributed by atoms with E-state index < -0.39 is 0 Å². The monoisotopic (exact) mass is 500 g/mol. The lowest BCUT2D eigenvalue weighted by atomic mass is 9.87. The lowest BCUT2D eigenvalue weighted by molar-refractivity contribution is -0.121. The number of aromatic nitrogens is 1. The number of rotatable bonds is 11. The summed E-state index contributed by atoms with van der Waals surface area (Å²) in [6.45, 7) is 5.54. The Bertz CT molecular complexity index is 1320. The molecule has 0 bridgehead atoms. The highest BCUT2D eigenvalue weighted by atomic mass is 16.5. The van der Waals surface area contributed by atoms with Crippen LogP contribution in [0.5, 0.6) is 17.2 Å². The molecule has 0 spiro atoms. The van der Waals surface area contributed by atoms with Gasteiger partial charge in [0.2, 0.25) is 5.91 Å². The van der Waals surface area contributed by atoms with Crippen LogP contribution >= 0.6 is 0 Å². The minimum Gasteiger partial charge on any atom is -0.497 e. The minimum absolute atomic E-state index is 0.0208. The average Bonchev–Trinajstić information content (AvgIpc) is 3.28. The number of ether oxygens (including phenoxy) is 3. The van der Waals surface area contributed by atoms with E-state index in [9.17, 15) is 4.79 Å². The fraction of sp³-hybridized carbons (Fsp3) is 0.323. The van der Waals surface area contributed by atoms with Gasteiger partial charge in [0.1, 0.15) is 17.2 Å². The molecule has 0 fully saturated rings. The fourth-order valence-electron chi connectivity index (χ4n) is 4.62. The molecule has 1 heterocycles. The first-order valence-electron chi connectivity index (χ1n) is 12.6. The summed E-state index contributed by atoms with van der Waals surface area (Å²) in [6, 6.07) is 22.3. The van der Waals surface area contributed by atoms with E-state index in [2.05, 4.69) is 60.3 Å². The van der Waals surface area contributed by atoms with Gasteiger partial charge in [-0.2, -0.15) is 0 Å². The zero-order valence-electron chi connectivity index (χ0n) is 22.3. The summed E-state index contributed by atoms with van der Waals surface area (Å²) in [5, 5.41) is 4.22. The topological polar surface area (TPSA) is 61.7 Å². The van der Waals surface area contributed by atoms with E-state index >= 15 is 0 Å². The van der Waals surface area contributed by atoms with Crippen LogP contribution < -0.4 is 19.5 Å².